The average molecular weight is 523 g/mol. The van der Waals surface area contributed by atoms with E-state index in [1.807, 2.05) is 24.3 Å². The molecule has 0 atom stereocenters. The van der Waals surface area contributed by atoms with Gasteiger partial charge in [0.2, 0.25) is 0 Å². The lowest BCUT2D eigenvalue weighted by molar-refractivity contribution is -0.274. The van der Waals surface area contributed by atoms with E-state index in [1.165, 1.54) is 18.4 Å². The quantitative estimate of drug-likeness (QED) is 0.502. The summed E-state index contributed by atoms with van der Waals surface area (Å²) in [5.74, 6) is -0.882. The highest BCUT2D eigenvalue weighted by Gasteiger charge is 2.31. The molecule has 1 aliphatic rings. The van der Waals surface area contributed by atoms with E-state index in [2.05, 4.69) is 20.1 Å². The Morgan fingerprint density at radius 3 is 2.44 bits per heavy atom. The Morgan fingerprint density at radius 1 is 1.11 bits per heavy atom. The molecule has 1 aliphatic heterocycles. The van der Waals surface area contributed by atoms with Crippen molar-refractivity contribution < 1.29 is 31.1 Å². The largest absolute Gasteiger partial charge is 0.573 e. The second-order valence-electron chi connectivity index (χ2n) is 8.61. The van der Waals surface area contributed by atoms with E-state index in [-0.39, 0.29) is 16.7 Å². The Bertz CT molecular complexity index is 1320. The number of amides is 1. The molecule has 2 heterocycles. The van der Waals surface area contributed by atoms with Crippen molar-refractivity contribution in [2.75, 3.05) is 29.6 Å². The van der Waals surface area contributed by atoms with Crippen molar-refractivity contribution in [1.82, 2.24) is 9.78 Å². The molecule has 1 saturated heterocycles. The van der Waals surface area contributed by atoms with Crippen molar-refractivity contribution in [3.05, 3.63) is 72.1 Å². The number of carbonyl (C=O) groups excluding carboxylic acids is 1. The molecule has 4 rings (SSSR count). The predicted molar refractivity (Wildman–Crippen MR) is 129 cm³/mol. The number of hydrogen-bond acceptors (Lipinski definition) is 6. The third kappa shape index (κ3) is 6.78. The third-order valence-electron chi connectivity index (χ3n) is 5.89. The predicted octanol–water partition coefficient (Wildman–Crippen LogP) is 4.10. The second kappa shape index (κ2) is 10.2. The molecule has 12 heteroatoms. The first kappa shape index (κ1) is 25.5. The summed E-state index contributed by atoms with van der Waals surface area (Å²) in [6.07, 6.45) is -0.640. The zero-order valence-electron chi connectivity index (χ0n) is 19.4. The summed E-state index contributed by atoms with van der Waals surface area (Å²) in [7, 11) is -3.03. The summed E-state index contributed by atoms with van der Waals surface area (Å²) in [5, 5.41) is 6.59. The Morgan fingerprint density at radius 2 is 1.81 bits per heavy atom. The molecule has 2 aromatic carbocycles. The van der Waals surface area contributed by atoms with Crippen LogP contribution in [0.25, 0.3) is 0 Å². The minimum atomic E-state index is -4.79. The minimum Gasteiger partial charge on any atom is -0.406 e. The summed E-state index contributed by atoms with van der Waals surface area (Å²) < 4.78 is 65.9. The van der Waals surface area contributed by atoms with Gasteiger partial charge in [0.05, 0.1) is 11.8 Å². The molecule has 0 bridgehead atoms. The number of hydrogen-bond donors (Lipinski definition) is 1. The van der Waals surface area contributed by atoms with E-state index in [1.54, 1.807) is 16.9 Å². The molecule has 1 N–H and O–H groups in total. The van der Waals surface area contributed by atoms with Gasteiger partial charge in [0, 0.05) is 36.9 Å². The van der Waals surface area contributed by atoms with Gasteiger partial charge >= 0.3 is 6.36 Å². The summed E-state index contributed by atoms with van der Waals surface area (Å²) in [6, 6.07) is 14.3. The van der Waals surface area contributed by atoms with E-state index in [9.17, 15) is 26.4 Å². The lowest BCUT2D eigenvalue weighted by atomic mass is 10.1. The molecule has 3 aromatic rings. The summed E-state index contributed by atoms with van der Waals surface area (Å²) >= 11 is 0. The normalized spacial score (nSPS) is 15.1. The fourth-order valence-corrected chi connectivity index (χ4v) is 5.15. The van der Waals surface area contributed by atoms with Crippen LogP contribution in [0.3, 0.4) is 0 Å². The summed E-state index contributed by atoms with van der Waals surface area (Å²) in [5.41, 5.74) is 2.43. The van der Waals surface area contributed by atoms with Crippen LogP contribution in [0.5, 0.6) is 5.75 Å². The van der Waals surface area contributed by atoms with Crippen LogP contribution in [-0.2, 0) is 16.4 Å². The lowest BCUT2D eigenvalue weighted by Gasteiger charge is -2.33. The number of nitrogens with one attached hydrogen (secondary N) is 1. The first-order chi connectivity index (χ1) is 17.0. The molecule has 1 aromatic heterocycles. The Hall–Kier alpha value is -3.54. The van der Waals surface area contributed by atoms with Crippen LogP contribution in [-0.4, -0.2) is 55.1 Å². The molecule has 0 saturated carbocycles. The molecular weight excluding hydrogens is 497 g/mol. The number of halogens is 3. The Labute approximate surface area is 206 Å². The van der Waals surface area contributed by atoms with Gasteiger partial charge in [-0.1, -0.05) is 12.1 Å². The van der Waals surface area contributed by atoms with Crippen molar-refractivity contribution in [2.24, 2.45) is 0 Å². The highest BCUT2D eigenvalue weighted by atomic mass is 32.2. The van der Waals surface area contributed by atoms with Crippen LogP contribution >= 0.6 is 0 Å². The van der Waals surface area contributed by atoms with Crippen LogP contribution in [0.15, 0.2) is 60.8 Å². The molecular formula is C24H25F3N4O4S. The number of rotatable bonds is 7. The molecule has 36 heavy (non-hydrogen) atoms. The number of aromatic nitrogens is 2. The van der Waals surface area contributed by atoms with Crippen LogP contribution in [0.1, 0.15) is 28.9 Å². The average Bonchev–Trinajstić information content (AvgIpc) is 3.28. The molecule has 8 nitrogen and oxygen atoms in total. The van der Waals surface area contributed by atoms with E-state index in [0.29, 0.717) is 38.2 Å². The maximum atomic E-state index is 12.5. The number of benzene rings is 2. The van der Waals surface area contributed by atoms with Gasteiger partial charge in [-0.25, -0.2) is 8.42 Å². The van der Waals surface area contributed by atoms with Crippen LogP contribution in [0.2, 0.25) is 0 Å². The lowest BCUT2D eigenvalue weighted by Crippen LogP contribution is -2.39. The zero-order chi connectivity index (χ0) is 25.9. The highest BCUT2D eigenvalue weighted by Crippen LogP contribution is 2.25. The van der Waals surface area contributed by atoms with E-state index >= 15 is 0 Å². The standard InChI is InChI=1S/C24H25F3N4O4S/c1-36(33,34)21-9-12-30(13-10-21)19-4-2-3-17(15-19)16-31-14-11-22(29-31)23(32)28-18-5-7-20(8-6-18)35-24(25,26)27/h2-8,11,14-15,21H,9-10,12-13,16H2,1H3,(H,28,32). The molecule has 192 valence electrons. The van der Waals surface area contributed by atoms with Gasteiger partial charge in [0.1, 0.15) is 15.6 Å². The fourth-order valence-electron chi connectivity index (χ4n) is 4.09. The number of carbonyl (C=O) groups is 1. The number of sulfone groups is 1. The summed E-state index contributed by atoms with van der Waals surface area (Å²) in [4.78, 5) is 14.7. The molecule has 1 amide bonds. The summed E-state index contributed by atoms with van der Waals surface area (Å²) in [6.45, 7) is 1.75. The molecule has 1 fully saturated rings. The third-order valence-corrected chi connectivity index (χ3v) is 7.57. The van der Waals surface area contributed by atoms with Crippen molar-refractivity contribution in [3.8, 4) is 5.75 Å². The van der Waals surface area contributed by atoms with Gasteiger partial charge in [-0.2, -0.15) is 5.10 Å². The Kier molecular flexibility index (Phi) is 7.25. The van der Waals surface area contributed by atoms with Gasteiger partial charge in [-0.05, 0) is 60.9 Å². The van der Waals surface area contributed by atoms with Crippen LogP contribution < -0.4 is 15.0 Å². The number of piperidine rings is 1. The van der Waals surface area contributed by atoms with Gasteiger partial charge in [0.25, 0.3) is 5.91 Å². The monoisotopic (exact) mass is 522 g/mol. The zero-order valence-corrected chi connectivity index (χ0v) is 20.2. The number of nitrogens with zero attached hydrogens (tertiary/aromatic N) is 3. The van der Waals surface area contributed by atoms with Gasteiger partial charge in [-0.3, -0.25) is 9.48 Å². The number of ether oxygens (including phenoxy) is 1. The maximum Gasteiger partial charge on any atom is 0.573 e. The molecule has 0 unspecified atom stereocenters. The van der Waals surface area contributed by atoms with Gasteiger partial charge in [0.15, 0.2) is 5.69 Å². The highest BCUT2D eigenvalue weighted by molar-refractivity contribution is 7.91. The smallest absolute Gasteiger partial charge is 0.406 e. The first-order valence-electron chi connectivity index (χ1n) is 11.2. The van der Waals surface area contributed by atoms with E-state index in [4.69, 9.17) is 0 Å². The van der Waals surface area contributed by atoms with Gasteiger partial charge < -0.3 is 15.0 Å². The topological polar surface area (TPSA) is 93.5 Å². The Balaban J connectivity index is 1.35. The fraction of sp³-hybridized carbons (Fsp3) is 0.333. The SMILES string of the molecule is CS(=O)(=O)C1CCN(c2cccc(Cn3ccc(C(=O)Nc4ccc(OC(F)(F)F)cc4)n3)c2)CC1. The van der Waals surface area contributed by atoms with E-state index < -0.39 is 22.1 Å². The molecule has 0 spiro atoms. The minimum absolute atomic E-state index is 0.157. The first-order valence-corrected chi connectivity index (χ1v) is 13.2. The van der Waals surface area contributed by atoms with Crippen molar-refractivity contribution in [2.45, 2.75) is 31.0 Å². The van der Waals surface area contributed by atoms with Crippen molar-refractivity contribution in [3.63, 3.8) is 0 Å². The van der Waals surface area contributed by atoms with Crippen molar-refractivity contribution >= 4 is 27.1 Å². The number of alkyl halides is 3. The number of anilines is 2. The van der Waals surface area contributed by atoms with Crippen LogP contribution in [0, 0.1) is 0 Å². The second-order valence-corrected chi connectivity index (χ2v) is 10.9. The maximum absolute atomic E-state index is 12.5. The molecule has 0 radical (unpaired) electrons. The van der Waals surface area contributed by atoms with Crippen LogP contribution in [0.4, 0.5) is 24.5 Å². The van der Waals surface area contributed by atoms with Gasteiger partial charge in [-0.15, -0.1) is 13.2 Å². The molecule has 0 aliphatic carbocycles. The van der Waals surface area contributed by atoms with Crippen molar-refractivity contribution in [1.29, 1.82) is 0 Å². The van der Waals surface area contributed by atoms with E-state index in [0.717, 1.165) is 23.4 Å².